The molecule has 0 radical (unpaired) electrons. The molecule has 1 saturated heterocycles. The largest absolute Gasteiger partial charge is 0.339 e. The number of nitrogens with zero attached hydrogens (tertiary/aromatic N) is 3. The number of fused-ring (bicyclic) bond motifs is 3. The number of aromatic nitrogens is 2. The first kappa shape index (κ1) is 20.0. The van der Waals surface area contributed by atoms with Gasteiger partial charge in [-0.15, -0.1) is 11.3 Å². The third kappa shape index (κ3) is 3.63. The fourth-order valence-corrected chi connectivity index (χ4v) is 6.84. The van der Waals surface area contributed by atoms with E-state index in [4.69, 9.17) is 4.98 Å². The molecule has 1 aliphatic heterocycles. The highest BCUT2D eigenvalue weighted by Gasteiger charge is 2.26. The quantitative estimate of drug-likeness (QED) is 0.553. The van der Waals surface area contributed by atoms with Gasteiger partial charge in [0.15, 0.2) is 5.16 Å². The van der Waals surface area contributed by atoms with Gasteiger partial charge in [-0.1, -0.05) is 18.7 Å². The van der Waals surface area contributed by atoms with Crippen LogP contribution in [-0.4, -0.2) is 38.7 Å². The highest BCUT2D eigenvalue weighted by atomic mass is 32.2. The van der Waals surface area contributed by atoms with Crippen LogP contribution < -0.4 is 5.56 Å². The van der Waals surface area contributed by atoms with Gasteiger partial charge in [0.1, 0.15) is 4.83 Å². The Morgan fingerprint density at radius 3 is 2.86 bits per heavy atom. The average molecular weight is 420 g/mol. The number of rotatable bonds is 4. The van der Waals surface area contributed by atoms with Crippen molar-refractivity contribution in [2.75, 3.05) is 12.3 Å². The van der Waals surface area contributed by atoms with E-state index in [0.29, 0.717) is 29.4 Å². The van der Waals surface area contributed by atoms with E-state index in [1.165, 1.54) is 28.6 Å². The maximum absolute atomic E-state index is 13.2. The molecular formula is C21H29N3O2S2. The molecule has 5 nitrogen and oxygen atoms in total. The van der Waals surface area contributed by atoms with E-state index in [-0.39, 0.29) is 11.5 Å². The number of hydrogen-bond donors (Lipinski definition) is 0. The summed E-state index contributed by atoms with van der Waals surface area (Å²) in [6.07, 6.45) is 6.55. The molecule has 2 atom stereocenters. The SMILES string of the molecule is CCn1c(SCC(=O)N2CCCC[C@H]2C)nc2sc3c(c2c1=O)CC[C@H](C)C3. The summed E-state index contributed by atoms with van der Waals surface area (Å²) in [6, 6.07) is 0.316. The fraction of sp³-hybridized carbons (Fsp3) is 0.667. The van der Waals surface area contributed by atoms with Gasteiger partial charge in [-0.2, -0.15) is 0 Å². The highest BCUT2D eigenvalue weighted by Crippen LogP contribution is 2.36. The normalized spacial score (nSPS) is 22.5. The van der Waals surface area contributed by atoms with E-state index in [2.05, 4.69) is 13.8 Å². The fourth-order valence-electron chi connectivity index (χ4n) is 4.47. The molecule has 4 rings (SSSR count). The summed E-state index contributed by atoms with van der Waals surface area (Å²) in [4.78, 5) is 35.0. The number of piperidine rings is 1. The number of likely N-dealkylation sites (tertiary alicyclic amines) is 1. The maximum atomic E-state index is 13.2. The predicted molar refractivity (Wildman–Crippen MR) is 116 cm³/mol. The van der Waals surface area contributed by atoms with Crippen LogP contribution in [-0.2, 0) is 24.2 Å². The van der Waals surface area contributed by atoms with Crippen molar-refractivity contribution in [3.8, 4) is 0 Å². The smallest absolute Gasteiger partial charge is 0.263 e. The first-order valence-corrected chi connectivity index (χ1v) is 12.3. The highest BCUT2D eigenvalue weighted by molar-refractivity contribution is 7.99. The van der Waals surface area contributed by atoms with Gasteiger partial charge in [0.05, 0.1) is 11.1 Å². The number of carbonyl (C=O) groups excluding carboxylic acids is 1. The van der Waals surface area contributed by atoms with Crippen molar-refractivity contribution in [2.24, 2.45) is 5.92 Å². The molecule has 1 aliphatic carbocycles. The zero-order chi connectivity index (χ0) is 19.8. The van der Waals surface area contributed by atoms with Crippen LogP contribution in [0.3, 0.4) is 0 Å². The Morgan fingerprint density at radius 1 is 1.29 bits per heavy atom. The molecular weight excluding hydrogens is 390 g/mol. The van der Waals surface area contributed by atoms with Crippen LogP contribution in [0.4, 0.5) is 0 Å². The van der Waals surface area contributed by atoms with E-state index < -0.39 is 0 Å². The van der Waals surface area contributed by atoms with Crippen molar-refractivity contribution in [3.63, 3.8) is 0 Å². The minimum atomic E-state index is 0.0702. The molecule has 1 fully saturated rings. The lowest BCUT2D eigenvalue weighted by molar-refractivity contribution is -0.131. The van der Waals surface area contributed by atoms with Crippen LogP contribution in [0.5, 0.6) is 0 Å². The van der Waals surface area contributed by atoms with Crippen molar-refractivity contribution < 1.29 is 4.79 Å². The minimum Gasteiger partial charge on any atom is -0.339 e. The lowest BCUT2D eigenvalue weighted by Crippen LogP contribution is -2.43. The van der Waals surface area contributed by atoms with Gasteiger partial charge in [0, 0.05) is 24.0 Å². The van der Waals surface area contributed by atoms with Gasteiger partial charge in [-0.05, 0) is 63.9 Å². The molecule has 0 spiro atoms. The lowest BCUT2D eigenvalue weighted by Gasteiger charge is -2.33. The van der Waals surface area contributed by atoms with Gasteiger partial charge in [0.25, 0.3) is 5.56 Å². The van der Waals surface area contributed by atoms with E-state index in [1.54, 1.807) is 15.9 Å². The van der Waals surface area contributed by atoms with Gasteiger partial charge in [-0.25, -0.2) is 4.98 Å². The second-order valence-electron chi connectivity index (χ2n) is 8.20. The van der Waals surface area contributed by atoms with Crippen molar-refractivity contribution in [1.82, 2.24) is 14.5 Å². The summed E-state index contributed by atoms with van der Waals surface area (Å²) in [5.74, 6) is 1.19. The third-order valence-electron chi connectivity index (χ3n) is 6.14. The van der Waals surface area contributed by atoms with Crippen molar-refractivity contribution in [3.05, 3.63) is 20.8 Å². The number of aryl methyl sites for hydroxylation is 1. The van der Waals surface area contributed by atoms with Crippen LogP contribution >= 0.6 is 23.1 Å². The number of amides is 1. The molecule has 0 saturated carbocycles. The third-order valence-corrected chi connectivity index (χ3v) is 8.25. The van der Waals surface area contributed by atoms with E-state index in [9.17, 15) is 9.59 Å². The minimum absolute atomic E-state index is 0.0702. The van der Waals surface area contributed by atoms with Crippen LogP contribution in [0.2, 0.25) is 0 Å². The Hall–Kier alpha value is -1.34. The Labute approximate surface area is 174 Å². The second-order valence-corrected chi connectivity index (χ2v) is 10.2. The van der Waals surface area contributed by atoms with Crippen molar-refractivity contribution >= 4 is 39.2 Å². The lowest BCUT2D eigenvalue weighted by atomic mass is 9.89. The van der Waals surface area contributed by atoms with Crippen LogP contribution in [0.1, 0.15) is 56.9 Å². The summed E-state index contributed by atoms with van der Waals surface area (Å²) in [5.41, 5.74) is 1.30. The van der Waals surface area contributed by atoms with Crippen LogP contribution in [0.25, 0.3) is 10.2 Å². The zero-order valence-corrected chi connectivity index (χ0v) is 18.6. The molecule has 0 bridgehead atoms. The molecule has 7 heteroatoms. The molecule has 1 amide bonds. The Balaban J connectivity index is 1.62. The Bertz CT molecular complexity index is 949. The standard InChI is InChI=1S/C21H29N3O2S2/c1-4-23-20(26)18-15-9-8-13(2)11-16(15)28-19(18)22-21(23)27-12-17(25)24-10-6-5-7-14(24)3/h13-14H,4-12H2,1-3H3/t13-,14+/m0/s1. The molecule has 152 valence electrons. The van der Waals surface area contributed by atoms with Gasteiger partial charge in [-0.3, -0.25) is 14.2 Å². The van der Waals surface area contributed by atoms with Crippen LogP contribution in [0.15, 0.2) is 9.95 Å². The Kier molecular flexibility index (Phi) is 5.83. The molecule has 0 aromatic carbocycles. The molecule has 2 aliphatic rings. The molecule has 28 heavy (non-hydrogen) atoms. The van der Waals surface area contributed by atoms with Gasteiger partial charge < -0.3 is 4.90 Å². The topological polar surface area (TPSA) is 55.2 Å². The summed E-state index contributed by atoms with van der Waals surface area (Å²) < 4.78 is 1.75. The number of thiophene rings is 1. The molecule has 0 unspecified atom stereocenters. The van der Waals surface area contributed by atoms with Crippen molar-refractivity contribution in [2.45, 2.75) is 77.0 Å². The monoisotopic (exact) mass is 419 g/mol. The van der Waals surface area contributed by atoms with Gasteiger partial charge >= 0.3 is 0 Å². The molecule has 2 aromatic heterocycles. The Morgan fingerprint density at radius 2 is 2.11 bits per heavy atom. The average Bonchev–Trinajstić information content (AvgIpc) is 3.04. The number of thioether (sulfide) groups is 1. The van der Waals surface area contributed by atoms with Crippen LogP contribution in [0, 0.1) is 5.92 Å². The molecule has 2 aromatic rings. The van der Waals surface area contributed by atoms with Gasteiger partial charge in [0.2, 0.25) is 5.91 Å². The molecule has 3 heterocycles. The zero-order valence-electron chi connectivity index (χ0n) is 17.0. The summed E-state index contributed by atoms with van der Waals surface area (Å²) in [5, 5.41) is 1.51. The van der Waals surface area contributed by atoms with E-state index in [1.807, 2.05) is 11.8 Å². The number of hydrogen-bond acceptors (Lipinski definition) is 5. The summed E-state index contributed by atoms with van der Waals surface area (Å²) in [7, 11) is 0. The summed E-state index contributed by atoms with van der Waals surface area (Å²) >= 11 is 3.10. The molecule has 0 N–H and O–H groups in total. The maximum Gasteiger partial charge on any atom is 0.263 e. The first-order valence-electron chi connectivity index (χ1n) is 10.5. The van der Waals surface area contributed by atoms with E-state index >= 15 is 0 Å². The first-order chi connectivity index (χ1) is 13.5. The predicted octanol–water partition coefficient (Wildman–Crippen LogP) is 4.10. The van der Waals surface area contributed by atoms with Crippen molar-refractivity contribution in [1.29, 1.82) is 0 Å². The second kappa shape index (κ2) is 8.19. The number of carbonyl (C=O) groups is 1. The summed E-state index contributed by atoms with van der Waals surface area (Å²) in [6.45, 7) is 7.82. The van der Waals surface area contributed by atoms with E-state index in [0.717, 1.165) is 48.9 Å².